The molecule has 32 heavy (non-hydrogen) atoms. The monoisotopic (exact) mass is 461 g/mol. The van der Waals surface area contributed by atoms with Crippen LogP contribution in [0.25, 0.3) is 0 Å². The highest BCUT2D eigenvalue weighted by Gasteiger charge is 2.51. The number of rotatable bonds is 3. The number of nitrogens with zero attached hydrogens (tertiary/aromatic N) is 4. The van der Waals surface area contributed by atoms with E-state index in [9.17, 15) is 18.4 Å². The summed E-state index contributed by atoms with van der Waals surface area (Å²) in [6.45, 7) is 1.36. The van der Waals surface area contributed by atoms with Gasteiger partial charge in [0.15, 0.2) is 5.82 Å². The molecule has 1 saturated heterocycles. The number of alkyl halides is 2. The van der Waals surface area contributed by atoms with E-state index >= 15 is 0 Å². The van der Waals surface area contributed by atoms with Crippen LogP contribution in [0.5, 0.6) is 0 Å². The second-order valence-electron chi connectivity index (χ2n) is 8.46. The number of nitrogens with one attached hydrogen (secondary N) is 1. The van der Waals surface area contributed by atoms with E-state index in [0.717, 1.165) is 24.6 Å². The quantitative estimate of drug-likeness (QED) is 0.625. The number of fused-ring (bicyclic) bond motifs is 1. The Bertz CT molecular complexity index is 1120. The van der Waals surface area contributed by atoms with Gasteiger partial charge < -0.3 is 21.7 Å². The number of halogens is 2. The predicted molar refractivity (Wildman–Crippen MR) is 113 cm³/mol. The number of carbonyl (C=O) groups is 2. The number of carbonyl (C=O) groups excluding carboxylic acids is 2. The van der Waals surface area contributed by atoms with Gasteiger partial charge in [0.25, 0.3) is 0 Å². The first-order valence-corrected chi connectivity index (χ1v) is 11.0. The molecule has 2 fully saturated rings. The number of aromatic nitrogens is 3. The first kappa shape index (κ1) is 21.0. The van der Waals surface area contributed by atoms with Crippen molar-refractivity contribution in [2.45, 2.75) is 47.6 Å². The lowest BCUT2D eigenvalue weighted by molar-refractivity contribution is -0.139. The van der Waals surface area contributed by atoms with E-state index in [0.29, 0.717) is 31.7 Å². The average Bonchev–Trinajstić information content (AvgIpc) is 3.15. The van der Waals surface area contributed by atoms with Crippen LogP contribution in [0.2, 0.25) is 0 Å². The van der Waals surface area contributed by atoms with Gasteiger partial charge in [0, 0.05) is 43.1 Å². The first-order valence-electron chi connectivity index (χ1n) is 10.2. The molecule has 1 amide bonds. The second-order valence-corrected chi connectivity index (χ2v) is 9.49. The summed E-state index contributed by atoms with van der Waals surface area (Å²) in [5.74, 6) is -4.34. The van der Waals surface area contributed by atoms with Gasteiger partial charge in [0.1, 0.15) is 22.4 Å². The summed E-state index contributed by atoms with van der Waals surface area (Å²) in [4.78, 5) is 38.2. The van der Waals surface area contributed by atoms with E-state index < -0.39 is 17.4 Å². The Morgan fingerprint density at radius 3 is 2.62 bits per heavy atom. The van der Waals surface area contributed by atoms with E-state index in [1.165, 1.54) is 12.3 Å². The number of nitrogen functional groups attached to an aromatic ring is 1. The number of Topliss-reactive ketones (excluding diaryl/α,β-unsaturated/α-hetero) is 1. The number of anilines is 3. The molecule has 12 heteroatoms. The summed E-state index contributed by atoms with van der Waals surface area (Å²) in [5.41, 5.74) is 11.7. The zero-order chi connectivity index (χ0) is 22.7. The molecule has 0 bridgehead atoms. The van der Waals surface area contributed by atoms with E-state index in [1.807, 2.05) is 4.90 Å². The molecule has 3 aliphatic rings. The number of piperidine rings is 1. The zero-order valence-corrected chi connectivity index (χ0v) is 17.8. The van der Waals surface area contributed by atoms with Crippen LogP contribution < -0.4 is 21.7 Å². The van der Waals surface area contributed by atoms with E-state index in [-0.39, 0.29) is 38.8 Å². The maximum Gasteiger partial charge on any atom is 0.354 e. The molecule has 4 heterocycles. The molecule has 0 aromatic carbocycles. The summed E-state index contributed by atoms with van der Waals surface area (Å²) in [6.07, 6.45) is 5.44. The molecule has 1 aliphatic carbocycles. The van der Waals surface area contributed by atoms with Gasteiger partial charge in [-0.1, -0.05) is 11.8 Å². The average molecular weight is 461 g/mol. The zero-order valence-electron chi connectivity index (χ0n) is 17.0. The summed E-state index contributed by atoms with van der Waals surface area (Å²) in [7, 11) is 0. The predicted octanol–water partition coefficient (Wildman–Crippen LogP) is 1.93. The Hall–Kier alpha value is -2.86. The van der Waals surface area contributed by atoms with Crippen molar-refractivity contribution in [2.24, 2.45) is 11.1 Å². The fourth-order valence-corrected chi connectivity index (χ4v) is 5.65. The highest BCUT2D eigenvalue weighted by molar-refractivity contribution is 7.99. The van der Waals surface area contributed by atoms with Gasteiger partial charge in [0.05, 0.1) is 11.8 Å². The minimum Gasteiger partial charge on any atom is -0.381 e. The maximum absolute atomic E-state index is 14.3. The number of pyridine rings is 1. The van der Waals surface area contributed by atoms with Gasteiger partial charge in [-0.2, -0.15) is 8.78 Å². The SMILES string of the molecule is Nc1nc(N2CCC3(CC2)CC(=O)C[C@@H]3N)cnc1Sc1ccnc2c1C(F)(F)C(=O)N2. The lowest BCUT2D eigenvalue weighted by Crippen LogP contribution is -2.47. The van der Waals surface area contributed by atoms with Gasteiger partial charge in [-0.15, -0.1) is 0 Å². The van der Waals surface area contributed by atoms with Crippen molar-refractivity contribution in [1.29, 1.82) is 0 Å². The Morgan fingerprint density at radius 1 is 1.22 bits per heavy atom. The van der Waals surface area contributed by atoms with Crippen molar-refractivity contribution in [1.82, 2.24) is 15.0 Å². The highest BCUT2D eigenvalue weighted by Crippen LogP contribution is 2.47. The van der Waals surface area contributed by atoms with Crippen molar-refractivity contribution < 1.29 is 18.4 Å². The Labute approximate surface area is 186 Å². The third-order valence-corrected chi connectivity index (χ3v) is 7.64. The topological polar surface area (TPSA) is 140 Å². The first-order chi connectivity index (χ1) is 15.2. The number of hydrogen-bond acceptors (Lipinski definition) is 9. The van der Waals surface area contributed by atoms with Crippen LogP contribution in [0.3, 0.4) is 0 Å². The van der Waals surface area contributed by atoms with E-state index in [4.69, 9.17) is 11.5 Å². The van der Waals surface area contributed by atoms with Crippen molar-refractivity contribution in [3.63, 3.8) is 0 Å². The van der Waals surface area contributed by atoms with Crippen LogP contribution in [0.15, 0.2) is 28.4 Å². The Morgan fingerprint density at radius 2 is 1.97 bits per heavy atom. The molecule has 2 aliphatic heterocycles. The fraction of sp³-hybridized carbons (Fsp3) is 0.450. The number of amides is 1. The lowest BCUT2D eigenvalue weighted by atomic mass is 9.74. The van der Waals surface area contributed by atoms with Gasteiger partial charge >= 0.3 is 11.8 Å². The summed E-state index contributed by atoms with van der Waals surface area (Å²) >= 11 is 0.912. The standard InChI is InChI=1S/C20H21F2N7O2S/c21-20(22)14-11(1-4-25-16(14)28-18(20)31)32-17-15(24)27-13(9-26-17)29-5-2-19(3-6-29)8-10(30)7-12(19)23/h1,4,9,12H,2-3,5-8,23H2,(H2,24,27)(H,25,28,31)/t12-/m0/s1. The van der Waals surface area contributed by atoms with Crippen LogP contribution in [0.1, 0.15) is 31.2 Å². The molecule has 1 spiro atoms. The van der Waals surface area contributed by atoms with Gasteiger partial charge in [-0.3, -0.25) is 9.59 Å². The minimum atomic E-state index is -3.68. The lowest BCUT2D eigenvalue weighted by Gasteiger charge is -2.41. The maximum atomic E-state index is 14.3. The molecule has 5 N–H and O–H groups in total. The molecule has 5 rings (SSSR count). The van der Waals surface area contributed by atoms with Crippen molar-refractivity contribution in [3.8, 4) is 0 Å². The summed E-state index contributed by atoms with van der Waals surface area (Å²) < 4.78 is 28.6. The fourth-order valence-electron chi connectivity index (χ4n) is 4.73. The van der Waals surface area contributed by atoms with Crippen LogP contribution in [-0.2, 0) is 15.5 Å². The van der Waals surface area contributed by atoms with Crippen molar-refractivity contribution >= 4 is 40.9 Å². The molecular formula is C20H21F2N7O2S. The minimum absolute atomic E-state index is 0.103. The number of ketones is 1. The summed E-state index contributed by atoms with van der Waals surface area (Å²) in [6, 6.07) is 1.29. The van der Waals surface area contributed by atoms with Crippen LogP contribution in [0, 0.1) is 5.41 Å². The number of hydrogen-bond donors (Lipinski definition) is 3. The van der Waals surface area contributed by atoms with Crippen molar-refractivity contribution in [3.05, 3.63) is 24.0 Å². The number of nitrogens with two attached hydrogens (primary N) is 2. The third kappa shape index (κ3) is 3.28. The highest BCUT2D eigenvalue weighted by atomic mass is 32.2. The molecule has 1 atom stereocenters. The smallest absolute Gasteiger partial charge is 0.354 e. The molecule has 1 saturated carbocycles. The van der Waals surface area contributed by atoms with Gasteiger partial charge in [0.2, 0.25) is 0 Å². The molecule has 9 nitrogen and oxygen atoms in total. The molecule has 2 aromatic heterocycles. The van der Waals surface area contributed by atoms with Gasteiger partial charge in [-0.05, 0) is 24.3 Å². The van der Waals surface area contributed by atoms with Crippen LogP contribution >= 0.6 is 11.8 Å². The normalized spacial score (nSPS) is 23.5. The van der Waals surface area contributed by atoms with E-state index in [1.54, 1.807) is 6.20 Å². The van der Waals surface area contributed by atoms with Gasteiger partial charge in [-0.25, -0.2) is 15.0 Å². The second kappa shape index (κ2) is 7.34. The van der Waals surface area contributed by atoms with E-state index in [2.05, 4.69) is 20.3 Å². The largest absolute Gasteiger partial charge is 0.381 e. The summed E-state index contributed by atoms with van der Waals surface area (Å²) in [5, 5.41) is 2.35. The Balaban J connectivity index is 1.33. The molecule has 2 aromatic rings. The van der Waals surface area contributed by atoms with Crippen molar-refractivity contribution in [2.75, 3.05) is 29.0 Å². The molecule has 0 radical (unpaired) electrons. The molecular weight excluding hydrogens is 440 g/mol. The third-order valence-electron chi connectivity index (χ3n) is 6.57. The van der Waals surface area contributed by atoms with Crippen LogP contribution in [-0.4, -0.2) is 45.8 Å². The molecule has 168 valence electrons. The Kier molecular flexibility index (Phi) is 4.82. The molecule has 0 unspecified atom stereocenters. The van der Waals surface area contributed by atoms with Crippen LogP contribution in [0.4, 0.5) is 26.2 Å².